The lowest BCUT2D eigenvalue weighted by Gasteiger charge is -2.37. The zero-order valence-corrected chi connectivity index (χ0v) is 18.9. The van der Waals surface area contributed by atoms with Gasteiger partial charge in [0.05, 0.1) is 0 Å². The van der Waals surface area contributed by atoms with E-state index in [4.69, 9.17) is 0 Å². The van der Waals surface area contributed by atoms with Crippen LogP contribution >= 0.6 is 0 Å². The summed E-state index contributed by atoms with van der Waals surface area (Å²) in [6, 6.07) is 12.2. The van der Waals surface area contributed by atoms with E-state index in [0.717, 1.165) is 18.4 Å². The molecule has 0 saturated carbocycles. The topological polar surface area (TPSA) is 69.7 Å². The molecule has 0 aromatic heterocycles. The van der Waals surface area contributed by atoms with Gasteiger partial charge in [-0.1, -0.05) is 18.2 Å². The van der Waals surface area contributed by atoms with Gasteiger partial charge in [0.25, 0.3) is 11.8 Å². The van der Waals surface area contributed by atoms with Gasteiger partial charge in [-0.15, -0.1) is 0 Å². The van der Waals surface area contributed by atoms with Gasteiger partial charge >= 0.3 is 0 Å². The molecule has 33 heavy (non-hydrogen) atoms. The summed E-state index contributed by atoms with van der Waals surface area (Å²) in [7, 11) is 0. The predicted octanol–water partition coefficient (Wildman–Crippen LogP) is 3.41. The molecule has 2 heterocycles. The Morgan fingerprint density at radius 2 is 1.55 bits per heavy atom. The van der Waals surface area contributed by atoms with Gasteiger partial charge in [0.2, 0.25) is 5.91 Å². The van der Waals surface area contributed by atoms with E-state index in [-0.39, 0.29) is 23.6 Å². The highest BCUT2D eigenvalue weighted by Crippen LogP contribution is 2.25. The first-order valence-corrected chi connectivity index (χ1v) is 11.6. The maximum Gasteiger partial charge on any atom is 0.254 e. The molecule has 0 spiro atoms. The van der Waals surface area contributed by atoms with E-state index in [9.17, 15) is 18.8 Å². The number of carbonyl (C=O) groups excluding carboxylic acids is 3. The maximum absolute atomic E-state index is 13.3. The molecule has 0 aliphatic carbocycles. The number of amides is 3. The molecule has 2 aromatic carbocycles. The van der Waals surface area contributed by atoms with Crippen molar-refractivity contribution in [2.45, 2.75) is 38.6 Å². The van der Waals surface area contributed by atoms with Gasteiger partial charge < -0.3 is 15.1 Å². The number of nitrogens with one attached hydrogen (secondary N) is 1. The molecule has 1 N–H and O–H groups in total. The average molecular weight is 452 g/mol. The number of piperidine rings is 1. The normalized spacial score (nSPS) is 17.6. The van der Waals surface area contributed by atoms with Crippen LogP contribution in [0.15, 0.2) is 48.5 Å². The minimum Gasteiger partial charge on any atom is -0.341 e. The molecule has 2 aromatic rings. The summed E-state index contributed by atoms with van der Waals surface area (Å²) in [6.07, 6.45) is 3.19. The highest BCUT2D eigenvalue weighted by Gasteiger charge is 2.37. The average Bonchev–Trinajstić information content (AvgIpc) is 3.38. The number of hydrogen-bond acceptors (Lipinski definition) is 3. The molecule has 174 valence electrons. The third-order valence-electron chi connectivity index (χ3n) is 6.75. The van der Waals surface area contributed by atoms with E-state index < -0.39 is 11.9 Å². The van der Waals surface area contributed by atoms with E-state index in [0.29, 0.717) is 50.1 Å². The fourth-order valence-corrected chi connectivity index (χ4v) is 4.76. The van der Waals surface area contributed by atoms with Crippen LogP contribution in [0.25, 0.3) is 0 Å². The minimum atomic E-state index is -0.656. The molecule has 7 heteroatoms. The van der Waals surface area contributed by atoms with Crippen LogP contribution in [0.5, 0.6) is 0 Å². The van der Waals surface area contributed by atoms with Crippen molar-refractivity contribution < 1.29 is 18.8 Å². The molecule has 6 nitrogen and oxygen atoms in total. The van der Waals surface area contributed by atoms with E-state index in [1.54, 1.807) is 0 Å². The Morgan fingerprint density at radius 1 is 0.909 bits per heavy atom. The zero-order chi connectivity index (χ0) is 23.4. The summed E-state index contributed by atoms with van der Waals surface area (Å²) < 4.78 is 13.3. The monoisotopic (exact) mass is 451 g/mol. The summed E-state index contributed by atoms with van der Waals surface area (Å²) in [5.41, 5.74) is 1.96. The molecule has 2 saturated heterocycles. The van der Waals surface area contributed by atoms with Crippen molar-refractivity contribution in [1.82, 2.24) is 15.1 Å². The first-order chi connectivity index (χ1) is 15.9. The van der Waals surface area contributed by atoms with Crippen LogP contribution in [-0.4, -0.2) is 59.7 Å². The van der Waals surface area contributed by atoms with Gasteiger partial charge in [-0.3, -0.25) is 14.4 Å². The largest absolute Gasteiger partial charge is 0.341 e. The lowest BCUT2D eigenvalue weighted by Crippen LogP contribution is -2.54. The van der Waals surface area contributed by atoms with E-state index in [2.05, 4.69) is 5.32 Å². The van der Waals surface area contributed by atoms with Crippen molar-refractivity contribution in [2.24, 2.45) is 5.92 Å². The van der Waals surface area contributed by atoms with E-state index in [1.165, 1.54) is 24.3 Å². The molecule has 1 atom stereocenters. The van der Waals surface area contributed by atoms with Crippen LogP contribution in [0.2, 0.25) is 0 Å². The Hall–Kier alpha value is -3.22. The Bertz CT molecular complexity index is 1010. The van der Waals surface area contributed by atoms with E-state index in [1.807, 2.05) is 41.0 Å². The number of halogens is 1. The highest BCUT2D eigenvalue weighted by atomic mass is 19.1. The van der Waals surface area contributed by atoms with Crippen molar-refractivity contribution in [2.75, 3.05) is 26.2 Å². The molecule has 0 radical (unpaired) electrons. The van der Waals surface area contributed by atoms with Crippen molar-refractivity contribution >= 4 is 17.7 Å². The van der Waals surface area contributed by atoms with E-state index >= 15 is 0 Å². The fourth-order valence-electron chi connectivity index (χ4n) is 4.76. The highest BCUT2D eigenvalue weighted by molar-refractivity contribution is 5.98. The summed E-state index contributed by atoms with van der Waals surface area (Å²) >= 11 is 0. The number of carbonyl (C=O) groups is 3. The quantitative estimate of drug-likeness (QED) is 0.758. The predicted molar refractivity (Wildman–Crippen MR) is 123 cm³/mol. The third-order valence-corrected chi connectivity index (χ3v) is 6.75. The fraction of sp³-hybridized carbons (Fsp3) is 0.423. The van der Waals surface area contributed by atoms with Crippen molar-refractivity contribution in [1.29, 1.82) is 0 Å². The second-order valence-corrected chi connectivity index (χ2v) is 8.93. The third kappa shape index (κ3) is 5.24. The lowest BCUT2D eigenvalue weighted by atomic mass is 9.87. The number of benzene rings is 2. The number of likely N-dealkylation sites (tertiary alicyclic amines) is 2. The van der Waals surface area contributed by atoms with Crippen LogP contribution in [0.3, 0.4) is 0 Å². The van der Waals surface area contributed by atoms with Gasteiger partial charge in [-0.05, 0) is 74.4 Å². The summed E-state index contributed by atoms with van der Waals surface area (Å²) in [4.78, 5) is 42.8. The first kappa shape index (κ1) is 23.0. The number of rotatable bonds is 5. The molecule has 4 rings (SSSR count). The smallest absolute Gasteiger partial charge is 0.254 e. The van der Waals surface area contributed by atoms with Gasteiger partial charge in [-0.2, -0.15) is 0 Å². The maximum atomic E-state index is 13.3. The van der Waals surface area contributed by atoms with Crippen molar-refractivity contribution in [3.8, 4) is 0 Å². The molecular formula is C26H30FN3O3. The van der Waals surface area contributed by atoms with Gasteiger partial charge in [0.1, 0.15) is 11.9 Å². The van der Waals surface area contributed by atoms with Gasteiger partial charge in [0, 0.05) is 37.3 Å². The van der Waals surface area contributed by atoms with Crippen LogP contribution in [-0.2, 0) is 4.79 Å². The summed E-state index contributed by atoms with van der Waals surface area (Å²) in [5.74, 6) is -0.924. The lowest BCUT2D eigenvalue weighted by molar-refractivity contribution is -0.134. The van der Waals surface area contributed by atoms with Crippen molar-refractivity contribution in [3.05, 3.63) is 71.0 Å². The molecule has 2 aliphatic heterocycles. The second-order valence-electron chi connectivity index (χ2n) is 8.93. The first-order valence-electron chi connectivity index (χ1n) is 11.6. The Kier molecular flexibility index (Phi) is 7.06. The van der Waals surface area contributed by atoms with Gasteiger partial charge in [0.15, 0.2) is 0 Å². The van der Waals surface area contributed by atoms with Crippen LogP contribution in [0, 0.1) is 18.7 Å². The summed E-state index contributed by atoms with van der Waals surface area (Å²) in [6.45, 7) is 4.40. The number of hydrogen-bond donors (Lipinski definition) is 1. The number of nitrogens with zero attached hydrogens (tertiary/aromatic N) is 2. The molecule has 0 bridgehead atoms. The van der Waals surface area contributed by atoms with Gasteiger partial charge in [-0.25, -0.2) is 4.39 Å². The minimum absolute atomic E-state index is 0.00400. The molecule has 3 amide bonds. The molecule has 2 fully saturated rings. The molecular weight excluding hydrogens is 421 g/mol. The van der Waals surface area contributed by atoms with Crippen LogP contribution in [0.1, 0.15) is 52.0 Å². The SMILES string of the molecule is Cc1ccccc1C(=O)N1CCC(C(NC(=O)c2ccc(F)cc2)C(=O)N2CCCC2)CC1. The second kappa shape index (κ2) is 10.1. The molecule has 2 aliphatic rings. The summed E-state index contributed by atoms with van der Waals surface area (Å²) in [5, 5.41) is 2.93. The van der Waals surface area contributed by atoms with Crippen LogP contribution < -0.4 is 5.32 Å². The number of aryl methyl sites for hydroxylation is 1. The van der Waals surface area contributed by atoms with Crippen LogP contribution in [0.4, 0.5) is 4.39 Å². The Morgan fingerprint density at radius 3 is 2.18 bits per heavy atom. The molecule has 1 unspecified atom stereocenters. The Balaban J connectivity index is 1.46. The Labute approximate surface area is 193 Å². The standard InChI is InChI=1S/C26H30FN3O3/c1-18-6-2-3-7-22(18)25(32)30-16-12-19(13-17-30)23(26(33)29-14-4-5-15-29)28-24(31)20-8-10-21(27)11-9-20/h2-3,6-11,19,23H,4-5,12-17H2,1H3,(H,28,31). The van der Waals surface area contributed by atoms with Crippen molar-refractivity contribution in [3.63, 3.8) is 0 Å². The zero-order valence-electron chi connectivity index (χ0n) is 18.9.